The summed E-state index contributed by atoms with van der Waals surface area (Å²) in [6.45, 7) is 1.44. The van der Waals surface area contributed by atoms with E-state index in [2.05, 4.69) is 15.4 Å². The molecule has 4 bridgehead atoms. The van der Waals surface area contributed by atoms with Crippen LogP contribution in [0.25, 0.3) is 0 Å². The van der Waals surface area contributed by atoms with E-state index in [0.717, 1.165) is 32.1 Å². The number of morpholine rings is 1. The van der Waals surface area contributed by atoms with Crippen LogP contribution in [0.2, 0.25) is 5.28 Å². The average molecular weight is 506 g/mol. The number of nitrogens with zero attached hydrogens (tertiary/aromatic N) is 4. The van der Waals surface area contributed by atoms with Gasteiger partial charge in [-0.1, -0.05) is 6.07 Å². The van der Waals surface area contributed by atoms with Crippen molar-refractivity contribution in [3.05, 3.63) is 35.9 Å². The highest BCUT2D eigenvalue weighted by Gasteiger charge is 2.61. The van der Waals surface area contributed by atoms with Crippen molar-refractivity contribution < 1.29 is 17.9 Å². The number of anilines is 1. The van der Waals surface area contributed by atoms with Crippen LogP contribution in [0.15, 0.2) is 35.5 Å². The van der Waals surface area contributed by atoms with Crippen molar-refractivity contribution in [2.24, 2.45) is 17.3 Å². The van der Waals surface area contributed by atoms with Gasteiger partial charge in [-0.15, -0.1) is 5.10 Å². The van der Waals surface area contributed by atoms with E-state index < -0.39 is 15.4 Å². The molecule has 1 amide bonds. The Labute approximate surface area is 203 Å². The van der Waals surface area contributed by atoms with Crippen LogP contribution in [-0.2, 0) is 25.1 Å². The Balaban J connectivity index is 1.26. The molecule has 1 saturated heterocycles. The fourth-order valence-corrected chi connectivity index (χ4v) is 8.73. The van der Waals surface area contributed by atoms with E-state index in [-0.39, 0.29) is 21.6 Å². The van der Waals surface area contributed by atoms with Gasteiger partial charge < -0.3 is 10.1 Å². The molecule has 2 heterocycles. The van der Waals surface area contributed by atoms with E-state index in [1.54, 1.807) is 30.6 Å². The van der Waals surface area contributed by atoms with Crippen molar-refractivity contribution in [1.82, 2.24) is 19.1 Å². The molecule has 5 fully saturated rings. The van der Waals surface area contributed by atoms with Gasteiger partial charge in [0.05, 0.1) is 29.1 Å². The number of benzene rings is 1. The van der Waals surface area contributed by atoms with Gasteiger partial charge in [0.25, 0.3) is 0 Å². The molecule has 34 heavy (non-hydrogen) atoms. The van der Waals surface area contributed by atoms with E-state index in [0.29, 0.717) is 50.2 Å². The first-order valence-corrected chi connectivity index (χ1v) is 13.7. The SMILES string of the molecule is O=C(Nc1cccc(S(=O)(=O)N2CCOCC2)c1)C12CC3CC(C1)CC(n1cnc(Cl)n1)(C3)C2. The van der Waals surface area contributed by atoms with Gasteiger partial charge in [0.2, 0.25) is 21.2 Å². The number of carbonyl (C=O) groups is 1. The van der Waals surface area contributed by atoms with E-state index in [1.165, 1.54) is 4.31 Å². The molecule has 4 aliphatic carbocycles. The highest BCUT2D eigenvalue weighted by Crippen LogP contribution is 2.64. The summed E-state index contributed by atoms with van der Waals surface area (Å²) in [6.07, 6.45) is 7.23. The number of sulfonamides is 1. The summed E-state index contributed by atoms with van der Waals surface area (Å²) in [5, 5.41) is 7.72. The number of amides is 1. The fraction of sp³-hybridized carbons (Fsp3) is 0.609. The zero-order valence-corrected chi connectivity index (χ0v) is 20.4. The van der Waals surface area contributed by atoms with Gasteiger partial charge in [-0.25, -0.2) is 18.1 Å². The molecule has 2 unspecified atom stereocenters. The minimum absolute atomic E-state index is 0.0295. The highest BCUT2D eigenvalue weighted by molar-refractivity contribution is 7.89. The molecule has 9 nitrogen and oxygen atoms in total. The lowest BCUT2D eigenvalue weighted by atomic mass is 9.46. The number of hydrogen-bond donors (Lipinski definition) is 1. The van der Waals surface area contributed by atoms with Gasteiger partial charge in [0.1, 0.15) is 6.33 Å². The number of nitrogens with one attached hydrogen (secondary N) is 1. The van der Waals surface area contributed by atoms with E-state index in [1.807, 2.05) is 4.68 Å². The third-order valence-corrected chi connectivity index (χ3v) is 10.2. The fourth-order valence-electron chi connectivity index (χ4n) is 7.15. The maximum absolute atomic E-state index is 13.7. The van der Waals surface area contributed by atoms with Gasteiger partial charge in [-0.3, -0.25) is 4.79 Å². The zero-order chi connectivity index (χ0) is 23.6. The first-order valence-electron chi connectivity index (χ1n) is 11.9. The Kier molecular flexibility index (Phi) is 5.29. The van der Waals surface area contributed by atoms with Crippen molar-refractivity contribution in [2.75, 3.05) is 31.6 Å². The molecule has 11 heteroatoms. The minimum atomic E-state index is -3.64. The van der Waals surface area contributed by atoms with Crippen molar-refractivity contribution in [2.45, 2.75) is 49.0 Å². The van der Waals surface area contributed by atoms with E-state index >= 15 is 0 Å². The third kappa shape index (κ3) is 3.66. The number of halogens is 1. The second-order valence-electron chi connectivity index (χ2n) is 10.4. The highest BCUT2D eigenvalue weighted by atomic mass is 35.5. The van der Waals surface area contributed by atoms with Crippen LogP contribution in [0.5, 0.6) is 0 Å². The normalized spacial score (nSPS) is 33.2. The number of carbonyl (C=O) groups excluding carboxylic acids is 1. The Morgan fingerprint density at radius 2 is 1.88 bits per heavy atom. The van der Waals surface area contributed by atoms with Crippen LogP contribution < -0.4 is 5.32 Å². The van der Waals surface area contributed by atoms with Crippen LogP contribution in [-0.4, -0.2) is 59.7 Å². The van der Waals surface area contributed by atoms with Crippen molar-refractivity contribution in [1.29, 1.82) is 0 Å². The largest absolute Gasteiger partial charge is 0.379 e. The lowest BCUT2D eigenvalue weighted by Crippen LogP contribution is -2.60. The van der Waals surface area contributed by atoms with Crippen LogP contribution in [0.4, 0.5) is 5.69 Å². The van der Waals surface area contributed by atoms with Crippen molar-refractivity contribution >= 4 is 33.2 Å². The monoisotopic (exact) mass is 505 g/mol. The average Bonchev–Trinajstić information content (AvgIpc) is 3.26. The third-order valence-electron chi connectivity index (χ3n) is 8.16. The Bertz CT molecular complexity index is 1210. The first-order chi connectivity index (χ1) is 16.3. The van der Waals surface area contributed by atoms with Crippen LogP contribution >= 0.6 is 11.6 Å². The molecular formula is C23H28ClN5O4S. The molecule has 1 aromatic carbocycles. The summed E-state index contributed by atoms with van der Waals surface area (Å²) in [6, 6.07) is 6.58. The number of ether oxygens (including phenoxy) is 1. The molecule has 1 aromatic heterocycles. The molecule has 182 valence electrons. The number of hydrogen-bond acceptors (Lipinski definition) is 6. The maximum Gasteiger partial charge on any atom is 0.243 e. The second-order valence-corrected chi connectivity index (χ2v) is 12.7. The van der Waals surface area contributed by atoms with Gasteiger partial charge in [-0.05, 0) is 80.2 Å². The lowest BCUT2D eigenvalue weighted by molar-refractivity contribution is -0.150. The molecule has 7 rings (SSSR count). The van der Waals surface area contributed by atoms with Gasteiger partial charge >= 0.3 is 0 Å². The summed E-state index contributed by atoms with van der Waals surface area (Å²) in [5.74, 6) is 0.893. The maximum atomic E-state index is 13.7. The summed E-state index contributed by atoms with van der Waals surface area (Å²) in [7, 11) is -3.64. The van der Waals surface area contributed by atoms with Crippen molar-refractivity contribution in [3.63, 3.8) is 0 Å². The number of rotatable bonds is 5. The molecule has 4 saturated carbocycles. The predicted molar refractivity (Wildman–Crippen MR) is 125 cm³/mol. The van der Waals surface area contributed by atoms with E-state index in [4.69, 9.17) is 16.3 Å². The molecule has 2 atom stereocenters. The molecule has 0 radical (unpaired) electrons. The quantitative estimate of drug-likeness (QED) is 0.669. The van der Waals surface area contributed by atoms with Gasteiger partial charge in [0.15, 0.2) is 0 Å². The molecule has 0 spiro atoms. The molecule has 1 N–H and O–H groups in total. The Morgan fingerprint density at radius 3 is 2.56 bits per heavy atom. The van der Waals surface area contributed by atoms with Crippen LogP contribution in [0, 0.1) is 17.3 Å². The second kappa shape index (κ2) is 8.01. The van der Waals surface area contributed by atoms with E-state index in [9.17, 15) is 13.2 Å². The van der Waals surface area contributed by atoms with Crippen LogP contribution in [0.3, 0.4) is 0 Å². The smallest absolute Gasteiger partial charge is 0.243 e. The summed E-state index contributed by atoms with van der Waals surface area (Å²) in [4.78, 5) is 18.1. The van der Waals surface area contributed by atoms with Crippen LogP contribution in [0.1, 0.15) is 38.5 Å². The first kappa shape index (κ1) is 22.5. The molecule has 5 aliphatic rings. The summed E-state index contributed by atoms with van der Waals surface area (Å²) < 4.78 is 34.8. The summed E-state index contributed by atoms with van der Waals surface area (Å²) in [5.41, 5.74) is -0.224. The van der Waals surface area contributed by atoms with Crippen molar-refractivity contribution in [3.8, 4) is 0 Å². The Hall–Kier alpha value is -2.01. The predicted octanol–water partition coefficient (Wildman–Crippen LogP) is 2.89. The molecular weight excluding hydrogens is 478 g/mol. The molecule has 1 aliphatic heterocycles. The minimum Gasteiger partial charge on any atom is -0.379 e. The van der Waals surface area contributed by atoms with Gasteiger partial charge in [0, 0.05) is 18.8 Å². The number of aromatic nitrogens is 3. The topological polar surface area (TPSA) is 106 Å². The Morgan fingerprint density at radius 1 is 1.15 bits per heavy atom. The molecule has 2 aromatic rings. The summed E-state index contributed by atoms with van der Waals surface area (Å²) >= 11 is 6.03. The standard InChI is InChI=1S/C23H28ClN5O4S/c24-21-25-15-29(27-21)23-12-16-8-17(13-23)11-22(10-16,14-23)20(30)26-18-2-1-3-19(9-18)34(31,32)28-4-6-33-7-5-28/h1-3,9,15-17H,4-8,10-14H2,(H,26,30). The van der Waals surface area contributed by atoms with Gasteiger partial charge in [-0.2, -0.15) is 4.31 Å². The lowest BCUT2D eigenvalue weighted by Gasteiger charge is -2.60. The zero-order valence-electron chi connectivity index (χ0n) is 18.8.